The van der Waals surface area contributed by atoms with Crippen molar-refractivity contribution in [3.8, 4) is 0 Å². The highest BCUT2D eigenvalue weighted by Crippen LogP contribution is 2.26. The van der Waals surface area contributed by atoms with Crippen molar-refractivity contribution < 1.29 is 4.74 Å². The Balaban J connectivity index is 2.22. The van der Waals surface area contributed by atoms with Crippen molar-refractivity contribution in [3.63, 3.8) is 0 Å². The third kappa shape index (κ3) is 2.76. The fourth-order valence-corrected chi connectivity index (χ4v) is 2.40. The zero-order chi connectivity index (χ0) is 14.7. The van der Waals surface area contributed by atoms with Gasteiger partial charge in [0.05, 0.1) is 12.0 Å². The topological polar surface area (TPSA) is 69.2 Å². The number of nitrogens with zero attached hydrogens (tertiary/aromatic N) is 4. The van der Waals surface area contributed by atoms with Gasteiger partial charge in [0.2, 0.25) is 0 Å². The van der Waals surface area contributed by atoms with E-state index in [1.54, 1.807) is 7.11 Å². The van der Waals surface area contributed by atoms with Crippen LogP contribution in [-0.4, -0.2) is 53.3 Å². The molecular formula is C14H23N5O. The maximum Gasteiger partial charge on any atom is 0.145 e. The Kier molecular flexibility index (Phi) is 4.57. The predicted molar refractivity (Wildman–Crippen MR) is 80.8 cm³/mol. The molecule has 0 atom stereocenters. The van der Waals surface area contributed by atoms with E-state index in [-0.39, 0.29) is 0 Å². The van der Waals surface area contributed by atoms with E-state index in [9.17, 15) is 0 Å². The van der Waals surface area contributed by atoms with Crippen LogP contribution in [0.15, 0.2) is 6.33 Å². The SMILES string of the molecule is COCCN(C)CCn1c(C)c(C)c2c(N)ncnc21. The predicted octanol–water partition coefficient (Wildman–Crippen LogP) is 1.21. The standard InChI is InChI=1S/C14H23N5O/c1-10-11(2)19(6-5-18(3)7-8-20-4)14-12(10)13(15)16-9-17-14/h9H,5-8H2,1-4H3,(H2,15,16,17). The van der Waals surface area contributed by atoms with E-state index in [1.807, 2.05) is 0 Å². The van der Waals surface area contributed by atoms with Crippen LogP contribution in [0.4, 0.5) is 5.82 Å². The second kappa shape index (κ2) is 6.19. The fraction of sp³-hybridized carbons (Fsp3) is 0.571. The molecule has 0 aliphatic carbocycles. The van der Waals surface area contributed by atoms with Gasteiger partial charge in [0.25, 0.3) is 0 Å². The van der Waals surface area contributed by atoms with Gasteiger partial charge in [-0.3, -0.25) is 0 Å². The van der Waals surface area contributed by atoms with E-state index in [4.69, 9.17) is 10.5 Å². The van der Waals surface area contributed by atoms with Crippen molar-refractivity contribution in [3.05, 3.63) is 17.6 Å². The average molecular weight is 277 g/mol. The largest absolute Gasteiger partial charge is 0.383 e. The molecule has 0 unspecified atom stereocenters. The van der Waals surface area contributed by atoms with Crippen LogP contribution in [0.5, 0.6) is 0 Å². The first-order valence-corrected chi connectivity index (χ1v) is 6.79. The molecule has 0 aliphatic rings. The minimum Gasteiger partial charge on any atom is -0.383 e. The molecule has 20 heavy (non-hydrogen) atoms. The number of ether oxygens (including phenoxy) is 1. The molecular weight excluding hydrogens is 254 g/mol. The first-order chi connectivity index (χ1) is 9.56. The third-order valence-corrected chi connectivity index (χ3v) is 3.82. The summed E-state index contributed by atoms with van der Waals surface area (Å²) in [5.41, 5.74) is 9.26. The molecule has 6 heteroatoms. The van der Waals surface area contributed by atoms with Crippen LogP contribution in [0.25, 0.3) is 11.0 Å². The van der Waals surface area contributed by atoms with Crippen LogP contribution in [0.2, 0.25) is 0 Å². The van der Waals surface area contributed by atoms with E-state index < -0.39 is 0 Å². The van der Waals surface area contributed by atoms with E-state index in [0.717, 1.165) is 42.8 Å². The van der Waals surface area contributed by atoms with Gasteiger partial charge in [0.1, 0.15) is 17.8 Å². The zero-order valence-electron chi connectivity index (χ0n) is 12.7. The Labute approximate surface area is 119 Å². The normalized spacial score (nSPS) is 11.7. The van der Waals surface area contributed by atoms with Gasteiger partial charge in [-0.05, 0) is 26.5 Å². The van der Waals surface area contributed by atoms with Crippen molar-refractivity contribution in [2.45, 2.75) is 20.4 Å². The lowest BCUT2D eigenvalue weighted by Crippen LogP contribution is -2.27. The summed E-state index contributed by atoms with van der Waals surface area (Å²) in [6, 6.07) is 0. The van der Waals surface area contributed by atoms with Crippen LogP contribution < -0.4 is 5.73 Å². The summed E-state index contributed by atoms with van der Waals surface area (Å²) in [6.07, 6.45) is 1.53. The molecule has 2 aromatic rings. The number of aromatic nitrogens is 3. The van der Waals surface area contributed by atoms with Crippen molar-refractivity contribution in [1.82, 2.24) is 19.4 Å². The van der Waals surface area contributed by atoms with Crippen LogP contribution in [0, 0.1) is 13.8 Å². The lowest BCUT2D eigenvalue weighted by molar-refractivity contribution is 0.159. The number of hydrogen-bond acceptors (Lipinski definition) is 5. The van der Waals surface area contributed by atoms with E-state index in [1.165, 1.54) is 12.0 Å². The Bertz CT molecular complexity index is 593. The van der Waals surface area contributed by atoms with Crippen LogP contribution in [-0.2, 0) is 11.3 Å². The number of hydrogen-bond donors (Lipinski definition) is 1. The van der Waals surface area contributed by atoms with Crippen molar-refractivity contribution in [1.29, 1.82) is 0 Å². The van der Waals surface area contributed by atoms with Gasteiger partial charge in [-0.15, -0.1) is 0 Å². The molecule has 0 aromatic carbocycles. The van der Waals surface area contributed by atoms with Gasteiger partial charge < -0.3 is 19.9 Å². The summed E-state index contributed by atoms with van der Waals surface area (Å²) in [5.74, 6) is 0.557. The third-order valence-electron chi connectivity index (χ3n) is 3.82. The average Bonchev–Trinajstić information content (AvgIpc) is 2.68. The number of likely N-dealkylation sites (N-methyl/N-ethyl adjacent to an activating group) is 1. The second-order valence-corrected chi connectivity index (χ2v) is 5.12. The van der Waals surface area contributed by atoms with Gasteiger partial charge in [0, 0.05) is 32.4 Å². The van der Waals surface area contributed by atoms with E-state index >= 15 is 0 Å². The number of aryl methyl sites for hydroxylation is 1. The van der Waals surface area contributed by atoms with E-state index in [0.29, 0.717) is 5.82 Å². The highest BCUT2D eigenvalue weighted by Gasteiger charge is 2.15. The molecule has 2 N–H and O–H groups in total. The lowest BCUT2D eigenvalue weighted by Gasteiger charge is -2.17. The van der Waals surface area contributed by atoms with Gasteiger partial charge in [-0.25, -0.2) is 9.97 Å². The summed E-state index contributed by atoms with van der Waals surface area (Å²) >= 11 is 0. The van der Waals surface area contributed by atoms with Crippen molar-refractivity contribution >= 4 is 16.9 Å². The number of rotatable bonds is 6. The molecule has 0 bridgehead atoms. The van der Waals surface area contributed by atoms with Crippen LogP contribution in [0.3, 0.4) is 0 Å². The fourth-order valence-electron chi connectivity index (χ4n) is 2.40. The summed E-state index contributed by atoms with van der Waals surface area (Å²) in [4.78, 5) is 10.7. The Morgan fingerprint density at radius 1 is 1.30 bits per heavy atom. The molecule has 2 rings (SSSR count). The number of nitrogen functional groups attached to an aromatic ring is 1. The van der Waals surface area contributed by atoms with E-state index in [2.05, 4.69) is 40.3 Å². The Morgan fingerprint density at radius 2 is 2.05 bits per heavy atom. The molecule has 0 saturated heterocycles. The molecule has 0 saturated carbocycles. The Morgan fingerprint density at radius 3 is 2.75 bits per heavy atom. The van der Waals surface area contributed by atoms with Gasteiger partial charge in [-0.1, -0.05) is 0 Å². The molecule has 110 valence electrons. The Hall–Kier alpha value is -1.66. The maximum absolute atomic E-state index is 5.97. The molecule has 0 amide bonds. The van der Waals surface area contributed by atoms with Crippen molar-refractivity contribution in [2.24, 2.45) is 0 Å². The minimum atomic E-state index is 0.557. The quantitative estimate of drug-likeness (QED) is 0.859. The molecule has 0 radical (unpaired) electrons. The second-order valence-electron chi connectivity index (χ2n) is 5.12. The van der Waals surface area contributed by atoms with Crippen LogP contribution in [0.1, 0.15) is 11.3 Å². The van der Waals surface area contributed by atoms with Gasteiger partial charge in [-0.2, -0.15) is 0 Å². The molecule has 2 aromatic heterocycles. The maximum atomic E-state index is 5.97. The van der Waals surface area contributed by atoms with Gasteiger partial charge in [0.15, 0.2) is 0 Å². The smallest absolute Gasteiger partial charge is 0.145 e. The molecule has 0 aliphatic heterocycles. The van der Waals surface area contributed by atoms with Gasteiger partial charge >= 0.3 is 0 Å². The summed E-state index contributed by atoms with van der Waals surface area (Å²) < 4.78 is 7.31. The lowest BCUT2D eigenvalue weighted by atomic mass is 10.2. The number of nitrogens with two attached hydrogens (primary N) is 1. The summed E-state index contributed by atoms with van der Waals surface area (Å²) in [5, 5.41) is 0.976. The first-order valence-electron chi connectivity index (χ1n) is 6.79. The molecule has 0 spiro atoms. The van der Waals surface area contributed by atoms with Crippen molar-refractivity contribution in [2.75, 3.05) is 39.6 Å². The number of methoxy groups -OCH3 is 1. The number of anilines is 1. The summed E-state index contributed by atoms with van der Waals surface area (Å²) in [7, 11) is 3.82. The zero-order valence-corrected chi connectivity index (χ0v) is 12.7. The molecule has 6 nitrogen and oxygen atoms in total. The molecule has 0 fully saturated rings. The molecule has 2 heterocycles. The van der Waals surface area contributed by atoms with Crippen LogP contribution >= 0.6 is 0 Å². The minimum absolute atomic E-state index is 0.557. The highest BCUT2D eigenvalue weighted by atomic mass is 16.5. The summed E-state index contributed by atoms with van der Waals surface area (Å²) in [6.45, 7) is 7.67. The number of fused-ring (bicyclic) bond motifs is 1. The highest BCUT2D eigenvalue weighted by molar-refractivity contribution is 5.90. The first kappa shape index (κ1) is 14.7. The monoisotopic (exact) mass is 277 g/mol.